The lowest BCUT2D eigenvalue weighted by atomic mass is 10.0. The van der Waals surface area contributed by atoms with Crippen molar-refractivity contribution in [3.63, 3.8) is 0 Å². The van der Waals surface area contributed by atoms with Crippen LogP contribution in [0.5, 0.6) is 5.88 Å². The van der Waals surface area contributed by atoms with Gasteiger partial charge in [0.25, 0.3) is 5.91 Å². The minimum Gasteiger partial charge on any atom is -0.466 e. The van der Waals surface area contributed by atoms with Crippen molar-refractivity contribution in [3.8, 4) is 5.88 Å². The molecule has 0 aromatic carbocycles. The molecule has 0 atom stereocenters. The molecule has 2 aliphatic rings. The lowest BCUT2D eigenvalue weighted by Crippen LogP contribution is -2.50. The quantitative estimate of drug-likeness (QED) is 0.831. The summed E-state index contributed by atoms with van der Waals surface area (Å²) in [5.41, 5.74) is 0.700. The van der Waals surface area contributed by atoms with Gasteiger partial charge in [0.2, 0.25) is 5.88 Å². The highest BCUT2D eigenvalue weighted by Gasteiger charge is 2.33. The number of carbonyl (C=O) groups excluding carboxylic acids is 1. The van der Waals surface area contributed by atoms with Gasteiger partial charge in [-0.25, -0.2) is 4.98 Å². The number of piperidine rings is 1. The Balaban J connectivity index is 1.97. The van der Waals surface area contributed by atoms with Crippen LogP contribution in [0.25, 0.3) is 0 Å². The maximum atomic E-state index is 12.1. The van der Waals surface area contributed by atoms with Gasteiger partial charge in [-0.1, -0.05) is 11.6 Å². The second-order valence-electron chi connectivity index (χ2n) is 4.51. The van der Waals surface area contributed by atoms with Crippen LogP contribution in [0, 0.1) is 0 Å². The molecule has 0 saturated carbocycles. The van der Waals surface area contributed by atoms with Gasteiger partial charge < -0.3 is 15.0 Å². The van der Waals surface area contributed by atoms with Gasteiger partial charge in [0.1, 0.15) is 5.69 Å². The number of hydrogen-bond acceptors (Lipinski definition) is 4. The summed E-state index contributed by atoms with van der Waals surface area (Å²) in [6, 6.07) is 1.96. The molecule has 6 heteroatoms. The Morgan fingerprint density at radius 2 is 2.22 bits per heavy atom. The number of ether oxygens (including phenoxy) is 1. The van der Waals surface area contributed by atoms with Gasteiger partial charge in [0, 0.05) is 12.2 Å². The largest absolute Gasteiger partial charge is 0.466 e. The molecule has 5 nitrogen and oxygen atoms in total. The van der Waals surface area contributed by atoms with E-state index in [9.17, 15) is 4.79 Å². The lowest BCUT2D eigenvalue weighted by Gasteiger charge is -2.37. The third kappa shape index (κ3) is 2.04. The molecular weight excluding hydrogens is 254 g/mol. The Labute approximate surface area is 110 Å². The average Bonchev–Trinajstić information content (AvgIpc) is 2.39. The van der Waals surface area contributed by atoms with Crippen molar-refractivity contribution in [1.29, 1.82) is 0 Å². The molecule has 1 saturated heterocycles. The standard InChI is InChI=1S/C12H14ClN3O2/c13-8-5-10-12(15-6-8)18-7-11(17)16(10)9-1-3-14-4-2-9/h5-6,9,14H,1-4,7H2. The number of pyridine rings is 1. The van der Waals surface area contributed by atoms with Crippen LogP contribution in [-0.4, -0.2) is 36.6 Å². The fourth-order valence-electron chi connectivity index (χ4n) is 2.50. The topological polar surface area (TPSA) is 54.5 Å². The van der Waals surface area contributed by atoms with Crippen LogP contribution >= 0.6 is 11.6 Å². The van der Waals surface area contributed by atoms with Crippen molar-refractivity contribution in [2.24, 2.45) is 0 Å². The highest BCUT2D eigenvalue weighted by atomic mass is 35.5. The van der Waals surface area contributed by atoms with Crippen molar-refractivity contribution in [2.75, 3.05) is 24.6 Å². The molecule has 0 unspecified atom stereocenters. The first-order valence-corrected chi connectivity index (χ1v) is 6.44. The van der Waals surface area contributed by atoms with Gasteiger partial charge in [-0.15, -0.1) is 0 Å². The second-order valence-corrected chi connectivity index (χ2v) is 4.95. The SMILES string of the molecule is O=C1COc2ncc(Cl)cc2N1C1CCNCC1. The van der Waals surface area contributed by atoms with Crippen molar-refractivity contribution in [3.05, 3.63) is 17.3 Å². The van der Waals surface area contributed by atoms with Gasteiger partial charge in [-0.3, -0.25) is 4.79 Å². The summed E-state index contributed by atoms with van der Waals surface area (Å²) < 4.78 is 5.34. The Kier molecular flexibility index (Phi) is 3.09. The fourth-order valence-corrected chi connectivity index (χ4v) is 2.65. The maximum Gasteiger partial charge on any atom is 0.265 e. The van der Waals surface area contributed by atoms with E-state index in [2.05, 4.69) is 10.3 Å². The Hall–Kier alpha value is -1.33. The van der Waals surface area contributed by atoms with Gasteiger partial charge >= 0.3 is 0 Å². The monoisotopic (exact) mass is 267 g/mol. The summed E-state index contributed by atoms with van der Waals surface area (Å²) in [5, 5.41) is 3.81. The van der Waals surface area contributed by atoms with E-state index in [0.29, 0.717) is 16.6 Å². The molecule has 0 radical (unpaired) electrons. The molecule has 1 aromatic rings. The van der Waals surface area contributed by atoms with E-state index in [1.165, 1.54) is 6.20 Å². The predicted octanol–water partition coefficient (Wildman–Crippen LogP) is 1.21. The number of amides is 1. The number of nitrogens with one attached hydrogen (secondary N) is 1. The summed E-state index contributed by atoms with van der Waals surface area (Å²) in [6.07, 6.45) is 3.42. The molecule has 2 aliphatic heterocycles. The van der Waals surface area contributed by atoms with Crippen molar-refractivity contribution in [2.45, 2.75) is 18.9 Å². The zero-order valence-electron chi connectivity index (χ0n) is 9.86. The molecule has 1 amide bonds. The van der Waals surface area contributed by atoms with Crippen molar-refractivity contribution >= 4 is 23.2 Å². The van der Waals surface area contributed by atoms with E-state index >= 15 is 0 Å². The van der Waals surface area contributed by atoms with Crippen LogP contribution < -0.4 is 15.0 Å². The van der Waals surface area contributed by atoms with E-state index in [1.807, 2.05) is 0 Å². The second kappa shape index (κ2) is 4.74. The molecule has 96 valence electrons. The van der Waals surface area contributed by atoms with E-state index in [1.54, 1.807) is 11.0 Å². The Morgan fingerprint density at radius 1 is 1.44 bits per heavy atom. The number of fused-ring (bicyclic) bond motifs is 1. The molecule has 0 bridgehead atoms. The molecule has 1 fully saturated rings. The van der Waals surface area contributed by atoms with E-state index in [-0.39, 0.29) is 18.6 Å². The number of nitrogens with zero attached hydrogens (tertiary/aromatic N) is 2. The van der Waals surface area contributed by atoms with E-state index in [0.717, 1.165) is 25.9 Å². The normalized spacial score (nSPS) is 20.5. The molecule has 1 N–H and O–H groups in total. The van der Waals surface area contributed by atoms with Crippen LogP contribution in [0.1, 0.15) is 12.8 Å². The summed E-state index contributed by atoms with van der Waals surface area (Å²) in [4.78, 5) is 18.0. The molecule has 3 heterocycles. The third-order valence-electron chi connectivity index (χ3n) is 3.33. The molecule has 18 heavy (non-hydrogen) atoms. The number of aromatic nitrogens is 1. The highest BCUT2D eigenvalue weighted by molar-refractivity contribution is 6.30. The van der Waals surface area contributed by atoms with Gasteiger partial charge in [-0.2, -0.15) is 0 Å². The maximum absolute atomic E-state index is 12.1. The summed E-state index contributed by atoms with van der Waals surface area (Å²) in [5.74, 6) is 0.482. The minimum absolute atomic E-state index is 0.0153. The molecule has 0 spiro atoms. The number of carbonyl (C=O) groups is 1. The smallest absolute Gasteiger partial charge is 0.265 e. The minimum atomic E-state index is -0.0153. The van der Waals surface area contributed by atoms with Crippen LogP contribution in [-0.2, 0) is 4.79 Å². The molecule has 3 rings (SSSR count). The predicted molar refractivity (Wildman–Crippen MR) is 68.1 cm³/mol. The van der Waals surface area contributed by atoms with Gasteiger partial charge in [0.15, 0.2) is 6.61 Å². The van der Waals surface area contributed by atoms with E-state index in [4.69, 9.17) is 16.3 Å². The first-order chi connectivity index (χ1) is 8.75. The van der Waals surface area contributed by atoms with Gasteiger partial charge in [-0.05, 0) is 32.0 Å². The number of anilines is 1. The Bertz CT molecular complexity index is 474. The summed E-state index contributed by atoms with van der Waals surface area (Å²) in [7, 11) is 0. The van der Waals surface area contributed by atoms with Crippen LogP contribution in [0.3, 0.4) is 0 Å². The van der Waals surface area contributed by atoms with Crippen LogP contribution in [0.4, 0.5) is 5.69 Å². The van der Waals surface area contributed by atoms with Crippen molar-refractivity contribution in [1.82, 2.24) is 10.3 Å². The fraction of sp³-hybridized carbons (Fsp3) is 0.500. The summed E-state index contributed by atoms with van der Waals surface area (Å²) >= 11 is 5.96. The number of rotatable bonds is 1. The molecular formula is C12H14ClN3O2. The van der Waals surface area contributed by atoms with Gasteiger partial charge in [0.05, 0.1) is 5.02 Å². The summed E-state index contributed by atoms with van der Waals surface area (Å²) in [6.45, 7) is 1.92. The van der Waals surface area contributed by atoms with E-state index < -0.39 is 0 Å². The van der Waals surface area contributed by atoms with Crippen LogP contribution in [0.2, 0.25) is 5.02 Å². The number of hydrogen-bond donors (Lipinski definition) is 1. The molecule has 1 aromatic heterocycles. The average molecular weight is 268 g/mol. The Morgan fingerprint density at radius 3 is 3.00 bits per heavy atom. The van der Waals surface area contributed by atoms with Crippen molar-refractivity contribution < 1.29 is 9.53 Å². The zero-order valence-corrected chi connectivity index (χ0v) is 10.6. The van der Waals surface area contributed by atoms with Crippen LogP contribution in [0.15, 0.2) is 12.3 Å². The highest BCUT2D eigenvalue weighted by Crippen LogP contribution is 2.34. The molecule has 0 aliphatic carbocycles. The first-order valence-electron chi connectivity index (χ1n) is 6.07. The zero-order chi connectivity index (χ0) is 12.5. The third-order valence-corrected chi connectivity index (χ3v) is 3.54. The first kappa shape index (κ1) is 11.7. The number of halogens is 1. The lowest BCUT2D eigenvalue weighted by molar-refractivity contribution is -0.122.